The van der Waals surface area contributed by atoms with Gasteiger partial charge in [0, 0.05) is 0 Å². The molecule has 1 aromatic heterocycles. The van der Waals surface area contributed by atoms with Crippen LogP contribution in [0.4, 0.5) is 0 Å². The molecule has 1 heterocycles. The molecule has 2 rings (SSSR count). The number of nitrogens with two attached hydrogens (primary N) is 1. The minimum absolute atomic E-state index is 0.431. The Hall–Kier alpha value is -2.30. The Labute approximate surface area is 98.8 Å². The van der Waals surface area contributed by atoms with E-state index in [2.05, 4.69) is 5.10 Å². The predicted octanol–water partition coefficient (Wildman–Crippen LogP) is 1.29. The van der Waals surface area contributed by atoms with Crippen molar-refractivity contribution in [2.45, 2.75) is 6.92 Å². The number of aromatic nitrogens is 2. The number of hydrogen-bond acceptors (Lipinski definition) is 3. The Kier molecular flexibility index (Phi) is 2.82. The maximum absolute atomic E-state index is 11.1. The molecule has 5 nitrogen and oxygen atoms in total. The summed E-state index contributed by atoms with van der Waals surface area (Å²) in [6, 6.07) is 7.40. The zero-order valence-electron chi connectivity index (χ0n) is 9.68. The molecule has 1 aromatic carbocycles. The molecule has 2 N–H and O–H groups in total. The van der Waals surface area contributed by atoms with Crippen molar-refractivity contribution in [1.29, 1.82) is 0 Å². The first-order chi connectivity index (χ1) is 8.13. The average molecular weight is 231 g/mol. The molecule has 0 bridgehead atoms. The highest BCUT2D eigenvalue weighted by Gasteiger charge is 2.11. The minimum Gasteiger partial charge on any atom is -0.497 e. The normalized spacial score (nSPS) is 10.2. The summed E-state index contributed by atoms with van der Waals surface area (Å²) in [4.78, 5) is 11.1. The minimum atomic E-state index is -0.470. The van der Waals surface area contributed by atoms with E-state index in [0.717, 1.165) is 17.1 Å². The monoisotopic (exact) mass is 231 g/mol. The topological polar surface area (TPSA) is 70.1 Å². The second kappa shape index (κ2) is 4.29. The molecule has 0 spiro atoms. The van der Waals surface area contributed by atoms with E-state index in [1.54, 1.807) is 18.7 Å². The first-order valence-corrected chi connectivity index (χ1v) is 5.12. The summed E-state index contributed by atoms with van der Waals surface area (Å²) in [5, 5.41) is 4.14. The van der Waals surface area contributed by atoms with Crippen molar-refractivity contribution in [3.8, 4) is 11.4 Å². The fourth-order valence-corrected chi connectivity index (χ4v) is 1.64. The fourth-order valence-electron chi connectivity index (χ4n) is 1.64. The third-order valence-corrected chi connectivity index (χ3v) is 2.59. The van der Waals surface area contributed by atoms with Gasteiger partial charge in [-0.2, -0.15) is 5.10 Å². The van der Waals surface area contributed by atoms with Crippen LogP contribution < -0.4 is 10.5 Å². The fraction of sp³-hybridized carbons (Fsp3) is 0.167. The van der Waals surface area contributed by atoms with Gasteiger partial charge in [0.05, 0.1) is 30.3 Å². The summed E-state index contributed by atoms with van der Waals surface area (Å²) >= 11 is 0. The van der Waals surface area contributed by atoms with E-state index in [9.17, 15) is 4.79 Å². The highest BCUT2D eigenvalue weighted by Crippen LogP contribution is 2.17. The quantitative estimate of drug-likeness (QED) is 0.865. The number of amides is 1. The number of methoxy groups -OCH3 is 1. The Morgan fingerprint density at radius 2 is 2.00 bits per heavy atom. The van der Waals surface area contributed by atoms with Crippen molar-refractivity contribution in [1.82, 2.24) is 9.78 Å². The highest BCUT2D eigenvalue weighted by atomic mass is 16.5. The van der Waals surface area contributed by atoms with Crippen LogP contribution in [0.3, 0.4) is 0 Å². The molecule has 0 unspecified atom stereocenters. The maximum Gasteiger partial charge on any atom is 0.252 e. The van der Waals surface area contributed by atoms with Gasteiger partial charge in [-0.1, -0.05) is 0 Å². The van der Waals surface area contributed by atoms with Crippen molar-refractivity contribution in [3.05, 3.63) is 41.7 Å². The molecule has 0 atom stereocenters. The van der Waals surface area contributed by atoms with Crippen molar-refractivity contribution < 1.29 is 9.53 Å². The van der Waals surface area contributed by atoms with E-state index < -0.39 is 5.91 Å². The number of carbonyl (C=O) groups is 1. The first-order valence-electron chi connectivity index (χ1n) is 5.12. The van der Waals surface area contributed by atoms with Crippen molar-refractivity contribution >= 4 is 5.91 Å². The molecule has 17 heavy (non-hydrogen) atoms. The van der Waals surface area contributed by atoms with Crippen LogP contribution >= 0.6 is 0 Å². The Morgan fingerprint density at radius 3 is 2.47 bits per heavy atom. The molecule has 0 aliphatic heterocycles. The molecule has 0 radical (unpaired) electrons. The number of benzene rings is 1. The van der Waals surface area contributed by atoms with E-state index in [1.807, 2.05) is 24.3 Å². The summed E-state index contributed by atoms with van der Waals surface area (Å²) in [5.74, 6) is 0.302. The number of ether oxygens (including phenoxy) is 1. The molecule has 0 saturated heterocycles. The predicted molar refractivity (Wildman–Crippen MR) is 63.4 cm³/mol. The van der Waals surface area contributed by atoms with Gasteiger partial charge in [0.25, 0.3) is 5.91 Å². The molecular formula is C12H13N3O2. The van der Waals surface area contributed by atoms with Crippen LogP contribution in [0.1, 0.15) is 16.1 Å². The van der Waals surface area contributed by atoms with Gasteiger partial charge in [0.2, 0.25) is 0 Å². The number of nitrogens with zero attached hydrogens (tertiary/aromatic N) is 2. The lowest BCUT2D eigenvalue weighted by atomic mass is 10.2. The summed E-state index contributed by atoms with van der Waals surface area (Å²) in [6.45, 7) is 1.80. The second-order valence-electron chi connectivity index (χ2n) is 3.62. The molecule has 0 fully saturated rings. The molecule has 5 heteroatoms. The van der Waals surface area contributed by atoms with Crippen LogP contribution in [0.25, 0.3) is 5.69 Å². The lowest BCUT2D eigenvalue weighted by molar-refractivity contribution is 0.0999. The number of carbonyl (C=O) groups excluding carboxylic acids is 1. The van der Waals surface area contributed by atoms with Gasteiger partial charge in [-0.25, -0.2) is 4.68 Å². The molecular weight excluding hydrogens is 218 g/mol. The van der Waals surface area contributed by atoms with Crippen LogP contribution in [0.15, 0.2) is 30.5 Å². The van der Waals surface area contributed by atoms with Gasteiger partial charge in [-0.15, -0.1) is 0 Å². The van der Waals surface area contributed by atoms with Gasteiger partial charge in [0.15, 0.2) is 0 Å². The van der Waals surface area contributed by atoms with E-state index in [0.29, 0.717) is 5.56 Å². The number of primary amides is 1. The number of hydrogen-bond donors (Lipinski definition) is 1. The average Bonchev–Trinajstić information content (AvgIpc) is 2.71. The summed E-state index contributed by atoms with van der Waals surface area (Å²) in [5.41, 5.74) is 7.25. The van der Waals surface area contributed by atoms with Crippen LogP contribution in [-0.2, 0) is 0 Å². The van der Waals surface area contributed by atoms with Crippen LogP contribution in [0.5, 0.6) is 5.75 Å². The third kappa shape index (κ3) is 1.99. The second-order valence-corrected chi connectivity index (χ2v) is 3.62. The highest BCUT2D eigenvalue weighted by molar-refractivity contribution is 5.93. The lowest BCUT2D eigenvalue weighted by Crippen LogP contribution is -2.12. The number of rotatable bonds is 3. The Balaban J connectivity index is 2.42. The van der Waals surface area contributed by atoms with E-state index in [4.69, 9.17) is 10.5 Å². The van der Waals surface area contributed by atoms with Crippen LogP contribution in [-0.4, -0.2) is 22.8 Å². The molecule has 0 aliphatic rings. The smallest absolute Gasteiger partial charge is 0.252 e. The Bertz CT molecular complexity index is 543. The van der Waals surface area contributed by atoms with Gasteiger partial charge in [0.1, 0.15) is 5.75 Å². The van der Waals surface area contributed by atoms with Gasteiger partial charge in [-0.05, 0) is 31.2 Å². The van der Waals surface area contributed by atoms with Gasteiger partial charge in [-0.3, -0.25) is 4.79 Å². The SMILES string of the molecule is COc1ccc(-n2ncc(C(N)=O)c2C)cc1. The molecule has 88 valence electrons. The van der Waals surface area contributed by atoms with Crippen LogP contribution in [0.2, 0.25) is 0 Å². The van der Waals surface area contributed by atoms with Crippen molar-refractivity contribution in [3.63, 3.8) is 0 Å². The van der Waals surface area contributed by atoms with Gasteiger partial charge >= 0.3 is 0 Å². The first kappa shape index (κ1) is 11.2. The van der Waals surface area contributed by atoms with E-state index >= 15 is 0 Å². The molecule has 0 aliphatic carbocycles. The van der Waals surface area contributed by atoms with Crippen molar-refractivity contribution in [2.75, 3.05) is 7.11 Å². The zero-order chi connectivity index (χ0) is 12.4. The van der Waals surface area contributed by atoms with Crippen molar-refractivity contribution in [2.24, 2.45) is 5.73 Å². The lowest BCUT2D eigenvalue weighted by Gasteiger charge is -2.05. The van der Waals surface area contributed by atoms with E-state index in [1.165, 1.54) is 6.20 Å². The zero-order valence-corrected chi connectivity index (χ0v) is 9.68. The standard InChI is InChI=1S/C12H13N3O2/c1-8-11(12(13)16)7-14-15(8)9-3-5-10(17-2)6-4-9/h3-7H,1-2H3,(H2,13,16). The van der Waals surface area contributed by atoms with E-state index in [-0.39, 0.29) is 0 Å². The molecule has 1 amide bonds. The third-order valence-electron chi connectivity index (χ3n) is 2.59. The summed E-state index contributed by atoms with van der Waals surface area (Å²) in [6.07, 6.45) is 1.47. The summed E-state index contributed by atoms with van der Waals surface area (Å²) in [7, 11) is 1.61. The largest absolute Gasteiger partial charge is 0.497 e. The summed E-state index contributed by atoms with van der Waals surface area (Å²) < 4.78 is 6.74. The molecule has 2 aromatic rings. The maximum atomic E-state index is 11.1. The Morgan fingerprint density at radius 1 is 1.35 bits per heavy atom. The van der Waals surface area contributed by atoms with Crippen LogP contribution in [0, 0.1) is 6.92 Å². The van der Waals surface area contributed by atoms with Gasteiger partial charge < -0.3 is 10.5 Å². The molecule has 0 saturated carbocycles.